The highest BCUT2D eigenvalue weighted by Crippen LogP contribution is 2.57. The summed E-state index contributed by atoms with van der Waals surface area (Å²) in [4.78, 5) is 44.6. The van der Waals surface area contributed by atoms with Gasteiger partial charge < -0.3 is 29.5 Å². The number of carbonyl (C=O) groups is 3. The molecule has 1 aliphatic heterocycles. The summed E-state index contributed by atoms with van der Waals surface area (Å²) in [5.41, 5.74) is -0.858. The van der Waals surface area contributed by atoms with Crippen molar-refractivity contribution in [1.29, 1.82) is 0 Å². The fourth-order valence-electron chi connectivity index (χ4n) is 5.42. The molecule has 3 aromatic rings. The molecule has 1 aliphatic carbocycles. The molecule has 224 valence electrons. The quantitative estimate of drug-likeness (QED) is 0.175. The normalized spacial score (nSPS) is 19.3. The van der Waals surface area contributed by atoms with E-state index in [0.29, 0.717) is 18.0 Å². The number of nitrogens with one attached hydrogen (secondary N) is 1. The minimum Gasteiger partial charge on any atom is -0.507 e. The lowest BCUT2D eigenvalue weighted by atomic mass is 9.70. The molecule has 0 fully saturated rings. The van der Waals surface area contributed by atoms with Crippen molar-refractivity contribution in [2.24, 2.45) is 0 Å². The fourth-order valence-corrected chi connectivity index (χ4v) is 5.89. The highest BCUT2D eigenvalue weighted by atomic mass is 32.2. The first-order valence-electron chi connectivity index (χ1n) is 13.5. The summed E-state index contributed by atoms with van der Waals surface area (Å²) in [5, 5.41) is 29.0. The smallest absolute Gasteiger partial charge is 0.249 e. The number of phenolic OH excluding ortho intramolecular Hbond substituents is 2. The molecule has 43 heavy (non-hydrogen) atoms. The molecule has 5 rings (SSSR count). The Labute approximate surface area is 252 Å². The van der Waals surface area contributed by atoms with Crippen LogP contribution < -0.4 is 14.8 Å². The Morgan fingerprint density at radius 1 is 1.16 bits per heavy atom. The van der Waals surface area contributed by atoms with E-state index in [4.69, 9.17) is 14.0 Å². The number of aromatic hydroxyl groups is 2. The first-order valence-corrected chi connectivity index (χ1v) is 14.9. The van der Waals surface area contributed by atoms with E-state index in [1.54, 1.807) is 37.9 Å². The lowest BCUT2D eigenvalue weighted by Crippen LogP contribution is -2.41. The number of hydrogen-bond donors (Lipinski definition) is 3. The van der Waals surface area contributed by atoms with Crippen molar-refractivity contribution in [1.82, 2.24) is 15.5 Å². The van der Waals surface area contributed by atoms with Crippen LogP contribution in [0.5, 0.6) is 23.0 Å². The molecule has 1 aromatic heterocycles. The third kappa shape index (κ3) is 4.85. The van der Waals surface area contributed by atoms with Gasteiger partial charge in [-0.05, 0) is 70.4 Å². The van der Waals surface area contributed by atoms with Crippen molar-refractivity contribution >= 4 is 29.1 Å². The molecule has 0 amide bonds. The Bertz CT molecular complexity index is 1720. The number of aromatic nitrogens is 2. The molecular weight excluding hydrogens is 574 g/mol. The first-order chi connectivity index (χ1) is 20.4. The molecule has 2 atom stereocenters. The summed E-state index contributed by atoms with van der Waals surface area (Å²) < 4.78 is 16.7. The van der Waals surface area contributed by atoms with Crippen LogP contribution in [0.3, 0.4) is 0 Å². The van der Waals surface area contributed by atoms with Crippen LogP contribution in [0.1, 0.15) is 60.6 Å². The number of hydrogen-bond acceptors (Lipinski definition) is 12. The molecule has 0 saturated carbocycles. The lowest BCUT2D eigenvalue weighted by Gasteiger charge is -2.29. The molecule has 11 nitrogen and oxygen atoms in total. The molecule has 2 aromatic carbocycles. The number of allylic oxidation sites excluding steroid dienone is 4. The van der Waals surface area contributed by atoms with Crippen molar-refractivity contribution in [3.8, 4) is 34.4 Å². The van der Waals surface area contributed by atoms with Gasteiger partial charge in [-0.1, -0.05) is 5.16 Å². The topological polar surface area (TPSA) is 161 Å². The SMILES string of the molecule is COc1ccc(-c2noc([C@H](CCSC)N/C(C)=C3\C(=O)C=C4Oc5c(C(C)=O)c(O)c(C)c(O)c5[C@@]4(C)C3=O)n2)cc1. The van der Waals surface area contributed by atoms with Gasteiger partial charge in [-0.15, -0.1) is 0 Å². The predicted octanol–water partition coefficient (Wildman–Crippen LogP) is 4.71. The summed E-state index contributed by atoms with van der Waals surface area (Å²) in [6.07, 6.45) is 3.69. The molecule has 2 aliphatic rings. The number of phenols is 2. The van der Waals surface area contributed by atoms with Crippen LogP contribution in [0.25, 0.3) is 11.4 Å². The number of ketones is 3. The Kier molecular flexibility index (Phi) is 7.82. The number of rotatable bonds is 9. The van der Waals surface area contributed by atoms with E-state index in [9.17, 15) is 24.6 Å². The Balaban J connectivity index is 1.54. The van der Waals surface area contributed by atoms with Gasteiger partial charge >= 0.3 is 0 Å². The number of benzene rings is 2. The summed E-state index contributed by atoms with van der Waals surface area (Å²) in [5.74, 6) is -0.671. The van der Waals surface area contributed by atoms with E-state index in [0.717, 1.165) is 11.3 Å². The van der Waals surface area contributed by atoms with Gasteiger partial charge in [-0.2, -0.15) is 16.7 Å². The van der Waals surface area contributed by atoms with Gasteiger partial charge in [0.25, 0.3) is 0 Å². The monoisotopic (exact) mass is 605 g/mol. The number of ether oxygens (including phenoxy) is 2. The van der Waals surface area contributed by atoms with Crippen LogP contribution in [-0.2, 0) is 15.0 Å². The minimum absolute atomic E-state index is 0.0290. The second kappa shape index (κ2) is 11.3. The molecule has 0 spiro atoms. The van der Waals surface area contributed by atoms with Gasteiger partial charge in [-0.25, -0.2) is 0 Å². The molecule has 12 heteroatoms. The molecule has 0 unspecified atom stereocenters. The van der Waals surface area contributed by atoms with Gasteiger partial charge in [0.15, 0.2) is 17.3 Å². The molecule has 3 N–H and O–H groups in total. The fraction of sp³-hybridized carbons (Fsp3) is 0.323. The molecule has 0 saturated heterocycles. The van der Waals surface area contributed by atoms with E-state index in [-0.39, 0.29) is 51.1 Å². The van der Waals surface area contributed by atoms with Crippen LogP contribution in [0.2, 0.25) is 0 Å². The van der Waals surface area contributed by atoms with E-state index >= 15 is 0 Å². The second-order valence-corrected chi connectivity index (χ2v) is 11.5. The standard InChI is InChI=1S/C31H31N3O8S/c1-14-25(37)23(16(3)35)27-24(26(14)38)31(4)21(41-27)13-20(36)22(28(31)39)15(2)32-19(11-12-43-6)30-33-29(34-42-30)17-7-9-18(40-5)10-8-17/h7-10,13,19,32,37-38H,11-12H2,1-6H3/b22-15+/t19-,31-/m0/s1. The lowest BCUT2D eigenvalue weighted by molar-refractivity contribution is -0.123. The summed E-state index contributed by atoms with van der Waals surface area (Å²) >= 11 is 1.61. The van der Waals surface area contributed by atoms with Gasteiger partial charge in [-0.3, -0.25) is 14.4 Å². The third-order valence-corrected chi connectivity index (χ3v) is 8.49. The van der Waals surface area contributed by atoms with Gasteiger partial charge in [0.1, 0.15) is 45.8 Å². The molecule has 2 heterocycles. The highest BCUT2D eigenvalue weighted by molar-refractivity contribution is 7.98. The van der Waals surface area contributed by atoms with Gasteiger partial charge in [0, 0.05) is 22.9 Å². The molecular formula is C31H31N3O8S. The molecule has 0 bridgehead atoms. The Morgan fingerprint density at radius 3 is 2.49 bits per heavy atom. The summed E-state index contributed by atoms with van der Waals surface area (Å²) in [6, 6.07) is 6.67. The first kappa shape index (κ1) is 29.9. The third-order valence-electron chi connectivity index (χ3n) is 7.85. The van der Waals surface area contributed by atoms with Crippen LogP contribution >= 0.6 is 11.8 Å². The van der Waals surface area contributed by atoms with E-state index in [2.05, 4.69) is 15.5 Å². The van der Waals surface area contributed by atoms with Crippen LogP contribution in [0, 0.1) is 6.92 Å². The molecule has 0 radical (unpaired) electrons. The maximum absolute atomic E-state index is 14.2. The largest absolute Gasteiger partial charge is 0.507 e. The maximum atomic E-state index is 14.2. The zero-order chi connectivity index (χ0) is 31.2. The average molecular weight is 606 g/mol. The van der Waals surface area contributed by atoms with E-state index < -0.39 is 34.6 Å². The highest BCUT2D eigenvalue weighted by Gasteiger charge is 2.56. The minimum atomic E-state index is -1.62. The van der Waals surface area contributed by atoms with E-state index in [1.807, 2.05) is 18.4 Å². The zero-order valence-corrected chi connectivity index (χ0v) is 25.3. The number of Topliss-reactive ketones (excluding diaryl/α,β-unsaturated/α-hetero) is 2. The van der Waals surface area contributed by atoms with Crippen LogP contribution in [-0.4, -0.2) is 56.8 Å². The Morgan fingerprint density at radius 2 is 1.86 bits per heavy atom. The number of methoxy groups -OCH3 is 1. The van der Waals surface area contributed by atoms with Gasteiger partial charge in [0.05, 0.1) is 18.2 Å². The van der Waals surface area contributed by atoms with Gasteiger partial charge in [0.2, 0.25) is 11.7 Å². The predicted molar refractivity (Wildman–Crippen MR) is 158 cm³/mol. The average Bonchev–Trinajstić information content (AvgIpc) is 3.58. The number of nitrogens with zero attached hydrogens (tertiary/aromatic N) is 2. The Hall–Kier alpha value is -4.58. The number of thioether (sulfide) groups is 1. The zero-order valence-electron chi connectivity index (χ0n) is 24.5. The van der Waals surface area contributed by atoms with Crippen molar-refractivity contribution < 1.29 is 38.6 Å². The van der Waals surface area contributed by atoms with E-state index in [1.165, 1.54) is 26.8 Å². The van der Waals surface area contributed by atoms with Crippen molar-refractivity contribution in [3.05, 3.63) is 70.0 Å². The van der Waals surface area contributed by atoms with Crippen molar-refractivity contribution in [2.75, 3.05) is 19.1 Å². The van der Waals surface area contributed by atoms with Crippen molar-refractivity contribution in [3.63, 3.8) is 0 Å². The van der Waals surface area contributed by atoms with Crippen LogP contribution in [0.4, 0.5) is 0 Å². The second-order valence-electron chi connectivity index (χ2n) is 10.5. The van der Waals surface area contributed by atoms with Crippen LogP contribution in [0.15, 0.2) is 51.9 Å². The maximum Gasteiger partial charge on any atom is 0.249 e. The number of fused-ring (bicyclic) bond motifs is 3. The summed E-state index contributed by atoms with van der Waals surface area (Å²) in [7, 11) is 1.58. The number of carbonyl (C=O) groups excluding carboxylic acids is 3. The van der Waals surface area contributed by atoms with Crippen molar-refractivity contribution in [2.45, 2.75) is 45.6 Å². The summed E-state index contributed by atoms with van der Waals surface area (Å²) in [6.45, 7) is 5.81.